The molecule has 1 saturated heterocycles. The number of rotatable bonds is 4. The molecule has 0 unspecified atom stereocenters. The minimum Gasteiger partial charge on any atom is -0.272 e. The van der Waals surface area contributed by atoms with E-state index in [1.54, 1.807) is 22.6 Å². The summed E-state index contributed by atoms with van der Waals surface area (Å²) in [5, 5.41) is 4.21. The summed E-state index contributed by atoms with van der Waals surface area (Å²) >= 11 is 4.58. The van der Waals surface area contributed by atoms with Gasteiger partial charge in [-0.3, -0.25) is 4.68 Å². The normalized spacial score (nSPS) is 18.1. The van der Waals surface area contributed by atoms with Crippen LogP contribution in [0.25, 0.3) is 0 Å². The van der Waals surface area contributed by atoms with Crippen LogP contribution < -0.4 is 0 Å². The SMILES string of the molecule is O=S(=O)(c1ccc(Br)s1)N1CCC(Cn2cccn2)CC1. The van der Waals surface area contributed by atoms with Gasteiger partial charge in [0.1, 0.15) is 4.21 Å². The molecule has 8 heteroatoms. The maximum Gasteiger partial charge on any atom is 0.252 e. The lowest BCUT2D eigenvalue weighted by Gasteiger charge is -2.30. The van der Waals surface area contributed by atoms with E-state index in [-0.39, 0.29) is 0 Å². The van der Waals surface area contributed by atoms with E-state index in [1.165, 1.54) is 11.3 Å². The summed E-state index contributed by atoms with van der Waals surface area (Å²) in [6, 6.07) is 5.36. The fraction of sp³-hybridized carbons (Fsp3) is 0.462. The highest BCUT2D eigenvalue weighted by Crippen LogP contribution is 2.30. The van der Waals surface area contributed by atoms with Gasteiger partial charge in [0, 0.05) is 32.0 Å². The summed E-state index contributed by atoms with van der Waals surface area (Å²) in [6.07, 6.45) is 5.48. The Bertz CT molecular complexity index is 689. The molecule has 0 spiro atoms. The van der Waals surface area contributed by atoms with Crippen molar-refractivity contribution in [2.75, 3.05) is 13.1 Å². The van der Waals surface area contributed by atoms with Crippen LogP contribution in [0.4, 0.5) is 0 Å². The minimum absolute atomic E-state index is 0.417. The van der Waals surface area contributed by atoms with E-state index in [2.05, 4.69) is 21.0 Å². The molecule has 0 amide bonds. The summed E-state index contributed by atoms with van der Waals surface area (Å²) in [5.74, 6) is 0.492. The molecule has 1 fully saturated rings. The second-order valence-corrected chi connectivity index (χ2v) is 9.76. The van der Waals surface area contributed by atoms with E-state index in [0.717, 1.165) is 23.2 Å². The van der Waals surface area contributed by atoms with Crippen molar-refractivity contribution in [3.8, 4) is 0 Å². The van der Waals surface area contributed by atoms with Crippen molar-refractivity contribution in [1.82, 2.24) is 14.1 Å². The Morgan fingerprint density at radius 2 is 2.10 bits per heavy atom. The lowest BCUT2D eigenvalue weighted by molar-refractivity contribution is 0.247. The molecule has 0 atom stereocenters. The van der Waals surface area contributed by atoms with Crippen LogP contribution in [0.5, 0.6) is 0 Å². The fourth-order valence-electron chi connectivity index (χ4n) is 2.57. The van der Waals surface area contributed by atoms with Gasteiger partial charge in [0.25, 0.3) is 10.0 Å². The zero-order valence-electron chi connectivity index (χ0n) is 11.4. The lowest BCUT2D eigenvalue weighted by Crippen LogP contribution is -2.39. The van der Waals surface area contributed by atoms with Crippen molar-refractivity contribution >= 4 is 37.3 Å². The van der Waals surface area contributed by atoms with Crippen LogP contribution in [0.1, 0.15) is 12.8 Å². The first-order valence-corrected chi connectivity index (χ1v) is 9.83. The number of thiophene rings is 1. The zero-order chi connectivity index (χ0) is 14.9. The smallest absolute Gasteiger partial charge is 0.252 e. The molecule has 1 aliphatic rings. The highest BCUT2D eigenvalue weighted by Gasteiger charge is 2.30. The van der Waals surface area contributed by atoms with E-state index in [1.807, 2.05) is 16.9 Å². The largest absolute Gasteiger partial charge is 0.272 e. The second kappa shape index (κ2) is 6.20. The molecular weight excluding hydrogens is 374 g/mol. The molecule has 1 aliphatic heterocycles. The van der Waals surface area contributed by atoms with Crippen molar-refractivity contribution in [2.45, 2.75) is 23.6 Å². The lowest BCUT2D eigenvalue weighted by atomic mass is 9.98. The predicted molar refractivity (Wildman–Crippen MR) is 85.7 cm³/mol. The average molecular weight is 390 g/mol. The molecule has 0 bridgehead atoms. The van der Waals surface area contributed by atoms with Crippen LogP contribution in [-0.4, -0.2) is 35.6 Å². The van der Waals surface area contributed by atoms with Crippen molar-refractivity contribution in [2.24, 2.45) is 5.92 Å². The van der Waals surface area contributed by atoms with Crippen molar-refractivity contribution in [3.63, 3.8) is 0 Å². The number of hydrogen-bond donors (Lipinski definition) is 0. The van der Waals surface area contributed by atoms with E-state index in [0.29, 0.717) is 23.2 Å². The summed E-state index contributed by atoms with van der Waals surface area (Å²) in [4.78, 5) is 0. The van der Waals surface area contributed by atoms with Crippen molar-refractivity contribution < 1.29 is 8.42 Å². The van der Waals surface area contributed by atoms with E-state index in [9.17, 15) is 8.42 Å². The highest BCUT2D eigenvalue weighted by atomic mass is 79.9. The number of piperidine rings is 1. The third kappa shape index (κ3) is 3.39. The first-order chi connectivity index (χ1) is 10.1. The Morgan fingerprint density at radius 3 is 2.67 bits per heavy atom. The second-order valence-electron chi connectivity index (χ2n) is 5.13. The predicted octanol–water partition coefficient (Wildman–Crippen LogP) is 2.81. The molecule has 5 nitrogen and oxygen atoms in total. The Labute approximate surface area is 136 Å². The maximum atomic E-state index is 12.5. The highest BCUT2D eigenvalue weighted by molar-refractivity contribution is 9.11. The van der Waals surface area contributed by atoms with Crippen LogP contribution >= 0.6 is 27.3 Å². The molecule has 0 N–H and O–H groups in total. The monoisotopic (exact) mass is 389 g/mol. The number of halogens is 1. The zero-order valence-corrected chi connectivity index (χ0v) is 14.6. The van der Waals surface area contributed by atoms with Gasteiger partial charge in [0.15, 0.2) is 0 Å². The van der Waals surface area contributed by atoms with Gasteiger partial charge in [-0.25, -0.2) is 8.42 Å². The Hall–Kier alpha value is -0.700. The van der Waals surface area contributed by atoms with Gasteiger partial charge in [-0.1, -0.05) is 0 Å². The van der Waals surface area contributed by atoms with Crippen LogP contribution in [0.2, 0.25) is 0 Å². The molecule has 2 aromatic rings. The van der Waals surface area contributed by atoms with Crippen molar-refractivity contribution in [1.29, 1.82) is 0 Å². The average Bonchev–Trinajstić information content (AvgIpc) is 3.11. The molecular formula is C13H16BrN3O2S2. The van der Waals surface area contributed by atoms with Crippen molar-refractivity contribution in [3.05, 3.63) is 34.4 Å². The molecule has 3 rings (SSSR count). The molecule has 0 aliphatic carbocycles. The van der Waals surface area contributed by atoms with Crippen LogP contribution in [0, 0.1) is 5.92 Å². The minimum atomic E-state index is -3.33. The number of hydrogen-bond acceptors (Lipinski definition) is 4. The van der Waals surface area contributed by atoms with Gasteiger partial charge >= 0.3 is 0 Å². The van der Waals surface area contributed by atoms with Gasteiger partial charge in [0.05, 0.1) is 3.79 Å². The van der Waals surface area contributed by atoms with Gasteiger partial charge < -0.3 is 0 Å². The van der Waals surface area contributed by atoms with Gasteiger partial charge in [-0.2, -0.15) is 9.40 Å². The molecule has 114 valence electrons. The molecule has 0 radical (unpaired) electrons. The first-order valence-electron chi connectivity index (χ1n) is 6.78. The number of sulfonamides is 1. The summed E-state index contributed by atoms with van der Waals surface area (Å²) < 4.78 is 29.8. The first kappa shape index (κ1) is 15.2. The standard InChI is InChI=1S/C13H16BrN3O2S2/c14-12-2-3-13(20-12)21(18,19)17-8-4-11(5-9-17)10-16-7-1-6-15-16/h1-3,6-7,11H,4-5,8-10H2. The van der Waals surface area contributed by atoms with Crippen LogP contribution in [0.15, 0.2) is 38.6 Å². The van der Waals surface area contributed by atoms with Crippen LogP contribution in [0.3, 0.4) is 0 Å². The molecule has 0 saturated carbocycles. The molecule has 21 heavy (non-hydrogen) atoms. The molecule has 0 aromatic carbocycles. The fourth-order valence-corrected chi connectivity index (χ4v) is 6.20. The number of aromatic nitrogens is 2. The van der Waals surface area contributed by atoms with Crippen LogP contribution in [-0.2, 0) is 16.6 Å². The third-order valence-corrected chi connectivity index (χ3v) is 7.71. The Kier molecular flexibility index (Phi) is 4.49. The van der Waals surface area contributed by atoms with Gasteiger partial charge in [-0.05, 0) is 52.9 Å². The summed E-state index contributed by atoms with van der Waals surface area (Å²) in [7, 11) is -3.33. The third-order valence-electron chi connectivity index (χ3n) is 3.72. The summed E-state index contributed by atoms with van der Waals surface area (Å²) in [5.41, 5.74) is 0. The van der Waals surface area contributed by atoms with Gasteiger partial charge in [-0.15, -0.1) is 11.3 Å². The number of nitrogens with zero attached hydrogens (tertiary/aromatic N) is 3. The Balaban J connectivity index is 1.63. The maximum absolute atomic E-state index is 12.5. The van der Waals surface area contributed by atoms with E-state index in [4.69, 9.17) is 0 Å². The van der Waals surface area contributed by atoms with E-state index < -0.39 is 10.0 Å². The topological polar surface area (TPSA) is 55.2 Å². The molecule has 3 heterocycles. The quantitative estimate of drug-likeness (QED) is 0.807. The molecule has 2 aromatic heterocycles. The van der Waals surface area contributed by atoms with E-state index >= 15 is 0 Å². The summed E-state index contributed by atoms with van der Waals surface area (Å²) in [6.45, 7) is 2.04. The van der Waals surface area contributed by atoms with Gasteiger partial charge in [0.2, 0.25) is 0 Å². The Morgan fingerprint density at radius 1 is 1.33 bits per heavy atom.